The van der Waals surface area contributed by atoms with Gasteiger partial charge in [-0.2, -0.15) is 0 Å². The Bertz CT molecular complexity index is 1780. The first-order valence-corrected chi connectivity index (χ1v) is 17.4. The third-order valence-corrected chi connectivity index (χ3v) is 10.7. The molecule has 0 radical (unpaired) electrons. The first-order valence-electron chi connectivity index (χ1n) is 17.4. The van der Waals surface area contributed by atoms with Crippen LogP contribution in [0.3, 0.4) is 0 Å². The van der Waals surface area contributed by atoms with E-state index in [1.807, 2.05) is 36.4 Å². The Balaban J connectivity index is 0.825. The third-order valence-electron chi connectivity index (χ3n) is 10.7. The maximum absolute atomic E-state index is 13.0. The Kier molecular flexibility index (Phi) is 8.32. The number of carbonyl (C=O) groups is 3. The van der Waals surface area contributed by atoms with E-state index in [2.05, 4.69) is 42.5 Å². The number of piperidine rings is 2. The Hall–Kier alpha value is -4.75. The molecule has 0 bridgehead atoms. The number of imide groups is 1. The molecule has 0 aliphatic carbocycles. The van der Waals surface area contributed by atoms with E-state index in [1.165, 1.54) is 0 Å². The third kappa shape index (κ3) is 6.17. The topological polar surface area (TPSA) is 143 Å². The summed E-state index contributed by atoms with van der Waals surface area (Å²) in [5.41, 5.74) is 3.85. The van der Waals surface area contributed by atoms with Crippen LogP contribution in [-0.2, 0) is 16.1 Å². The van der Waals surface area contributed by atoms with Crippen LogP contribution in [0, 0.1) is 0 Å². The smallest absolute Gasteiger partial charge is 0.255 e. The molecular weight excluding hydrogens is 624 g/mol. The number of nitrogens with zero attached hydrogens (tertiary/aromatic N) is 6. The maximum atomic E-state index is 13.0. The van der Waals surface area contributed by atoms with E-state index >= 15 is 0 Å². The van der Waals surface area contributed by atoms with E-state index in [1.54, 1.807) is 17.0 Å². The first-order chi connectivity index (χ1) is 23.8. The fourth-order valence-corrected chi connectivity index (χ4v) is 8.19. The zero-order valence-corrected chi connectivity index (χ0v) is 27.7. The number of aromatic hydroxyl groups is 1. The highest BCUT2D eigenvalue weighted by Crippen LogP contribution is 2.37. The minimum Gasteiger partial charge on any atom is -0.507 e. The summed E-state index contributed by atoms with van der Waals surface area (Å²) in [5, 5.41) is 25.0. The number of likely N-dealkylation sites (tertiary alicyclic amines) is 1. The number of para-hydroxylation sites is 1. The molecule has 5 aliphatic heterocycles. The molecule has 5 aliphatic rings. The molecule has 0 spiro atoms. The number of benzene rings is 2. The van der Waals surface area contributed by atoms with Crippen molar-refractivity contribution < 1.29 is 24.2 Å². The van der Waals surface area contributed by atoms with Gasteiger partial charge in [-0.25, -0.2) is 0 Å². The molecule has 13 nitrogen and oxygen atoms in total. The zero-order valence-electron chi connectivity index (χ0n) is 27.7. The molecular formula is C36H42N8O5. The zero-order chi connectivity index (χ0) is 33.6. The van der Waals surface area contributed by atoms with Crippen molar-refractivity contribution in [3.8, 4) is 22.8 Å². The predicted octanol–water partition coefficient (Wildman–Crippen LogP) is 2.46. The molecule has 2 aromatic carbocycles. The largest absolute Gasteiger partial charge is 0.507 e. The molecule has 3 aromatic rings. The highest BCUT2D eigenvalue weighted by molar-refractivity contribution is 6.05. The van der Waals surface area contributed by atoms with Gasteiger partial charge in [0.05, 0.1) is 17.4 Å². The van der Waals surface area contributed by atoms with Crippen LogP contribution in [0.15, 0.2) is 48.5 Å². The number of rotatable bonds is 7. The van der Waals surface area contributed by atoms with Crippen LogP contribution in [0.4, 0.5) is 11.5 Å². The minimum absolute atomic E-state index is 0.0272. The molecule has 49 heavy (non-hydrogen) atoms. The quantitative estimate of drug-likeness (QED) is 0.320. The Labute approximate surface area is 285 Å². The lowest BCUT2D eigenvalue weighted by Gasteiger charge is -2.49. The second-order valence-electron chi connectivity index (χ2n) is 13.9. The van der Waals surface area contributed by atoms with Crippen LogP contribution < -0.4 is 20.3 Å². The summed E-state index contributed by atoms with van der Waals surface area (Å²) in [7, 11) is 0. The molecule has 6 heterocycles. The van der Waals surface area contributed by atoms with Gasteiger partial charge in [0, 0.05) is 62.9 Å². The van der Waals surface area contributed by atoms with Crippen molar-refractivity contribution in [2.75, 3.05) is 56.0 Å². The number of carbonyl (C=O) groups excluding carboxylic acids is 3. The molecule has 1 aromatic heterocycles. The number of nitrogens with one attached hydrogen (secondary N) is 2. The fraction of sp³-hybridized carbons (Fsp3) is 0.472. The monoisotopic (exact) mass is 666 g/mol. The van der Waals surface area contributed by atoms with Crippen molar-refractivity contribution in [3.05, 3.63) is 59.7 Å². The molecule has 3 atom stereocenters. The molecule has 3 amide bonds. The van der Waals surface area contributed by atoms with Crippen LogP contribution in [0.5, 0.6) is 11.5 Å². The second-order valence-corrected chi connectivity index (χ2v) is 13.9. The number of phenols is 1. The van der Waals surface area contributed by atoms with Crippen LogP contribution in [0.2, 0.25) is 0 Å². The van der Waals surface area contributed by atoms with Crippen molar-refractivity contribution in [2.24, 2.45) is 0 Å². The molecule has 13 heteroatoms. The number of hydrogen-bond acceptors (Lipinski definition) is 11. The average molecular weight is 667 g/mol. The van der Waals surface area contributed by atoms with Gasteiger partial charge in [-0.3, -0.25) is 29.5 Å². The van der Waals surface area contributed by atoms with Crippen LogP contribution in [0.1, 0.15) is 48.5 Å². The molecule has 0 saturated carbocycles. The lowest BCUT2D eigenvalue weighted by atomic mass is 9.99. The van der Waals surface area contributed by atoms with Gasteiger partial charge in [-0.15, -0.1) is 10.2 Å². The van der Waals surface area contributed by atoms with E-state index in [0.717, 1.165) is 81.5 Å². The Morgan fingerprint density at radius 2 is 1.78 bits per heavy atom. The summed E-state index contributed by atoms with van der Waals surface area (Å²) in [6, 6.07) is 15.1. The van der Waals surface area contributed by atoms with E-state index in [0.29, 0.717) is 41.9 Å². The summed E-state index contributed by atoms with van der Waals surface area (Å²) >= 11 is 0. The summed E-state index contributed by atoms with van der Waals surface area (Å²) in [6.07, 6.45) is 2.79. The van der Waals surface area contributed by atoms with Gasteiger partial charge in [0.1, 0.15) is 23.6 Å². The Morgan fingerprint density at radius 3 is 2.59 bits per heavy atom. The van der Waals surface area contributed by atoms with Crippen LogP contribution in [-0.4, -0.2) is 118 Å². The fourth-order valence-electron chi connectivity index (χ4n) is 8.19. The number of ether oxygens (including phenoxy) is 1. The number of fused-ring (bicyclic) bond motifs is 4. The Morgan fingerprint density at radius 1 is 0.939 bits per heavy atom. The van der Waals surface area contributed by atoms with E-state index < -0.39 is 11.9 Å². The molecule has 3 N–H and O–H groups in total. The van der Waals surface area contributed by atoms with E-state index in [4.69, 9.17) is 4.74 Å². The van der Waals surface area contributed by atoms with Gasteiger partial charge in [-0.1, -0.05) is 12.1 Å². The number of piperazine rings is 1. The van der Waals surface area contributed by atoms with Gasteiger partial charge in [0.15, 0.2) is 5.82 Å². The van der Waals surface area contributed by atoms with Crippen molar-refractivity contribution in [1.29, 1.82) is 0 Å². The van der Waals surface area contributed by atoms with Gasteiger partial charge in [0.25, 0.3) is 5.91 Å². The van der Waals surface area contributed by atoms with Gasteiger partial charge >= 0.3 is 0 Å². The van der Waals surface area contributed by atoms with Crippen molar-refractivity contribution in [3.63, 3.8) is 0 Å². The number of amides is 3. The highest BCUT2D eigenvalue weighted by Gasteiger charge is 2.40. The lowest BCUT2D eigenvalue weighted by Crippen LogP contribution is -2.61. The van der Waals surface area contributed by atoms with Crippen LogP contribution in [0.25, 0.3) is 11.3 Å². The average Bonchev–Trinajstić information content (AvgIpc) is 3.43. The second kappa shape index (κ2) is 12.9. The molecule has 3 unspecified atom stereocenters. The summed E-state index contributed by atoms with van der Waals surface area (Å²) < 4.78 is 6.33. The molecule has 3 saturated heterocycles. The van der Waals surface area contributed by atoms with Crippen molar-refractivity contribution >= 4 is 29.2 Å². The number of phenolic OH excluding ortho intramolecular Hbond substituents is 1. The van der Waals surface area contributed by atoms with Gasteiger partial charge in [0.2, 0.25) is 11.8 Å². The van der Waals surface area contributed by atoms with Crippen molar-refractivity contribution in [2.45, 2.75) is 63.4 Å². The minimum atomic E-state index is -0.622. The standard InChI is InChI=1S/C36H42N8O5/c1-22(49-26-6-7-27-23(16-26)20-44(36(27)48)30-8-9-33(46)38-35(30)47)19-41-12-10-24(11-13-41)42-14-15-43-25(21-42)18-37-34-31(43)17-29(39-40-34)28-4-2-3-5-32(28)45/h2-7,16-17,22,24-25,30,45H,8-15,18-21H2,1H3,(H,37,40)(H,38,46,47). The normalized spacial score (nSPS) is 23.7. The van der Waals surface area contributed by atoms with Gasteiger partial charge in [-0.05, 0) is 81.2 Å². The summed E-state index contributed by atoms with van der Waals surface area (Å²) in [6.45, 7) is 9.02. The lowest BCUT2D eigenvalue weighted by molar-refractivity contribution is -0.136. The van der Waals surface area contributed by atoms with Crippen molar-refractivity contribution in [1.82, 2.24) is 30.2 Å². The molecule has 3 fully saturated rings. The highest BCUT2D eigenvalue weighted by atomic mass is 16.5. The number of hydrogen-bond donors (Lipinski definition) is 3. The number of anilines is 2. The molecule has 8 rings (SSSR count). The predicted molar refractivity (Wildman–Crippen MR) is 182 cm³/mol. The summed E-state index contributed by atoms with van der Waals surface area (Å²) in [4.78, 5) is 46.2. The molecule has 256 valence electrons. The van der Waals surface area contributed by atoms with E-state index in [9.17, 15) is 19.5 Å². The first kappa shape index (κ1) is 31.5. The number of aromatic nitrogens is 2. The van der Waals surface area contributed by atoms with Crippen LogP contribution >= 0.6 is 0 Å². The van der Waals surface area contributed by atoms with E-state index in [-0.39, 0.29) is 30.1 Å². The van der Waals surface area contributed by atoms with Gasteiger partial charge < -0.3 is 25.0 Å². The maximum Gasteiger partial charge on any atom is 0.255 e. The summed E-state index contributed by atoms with van der Waals surface area (Å²) in [5.74, 6) is 0.860. The SMILES string of the molecule is CC(CN1CCC(N2CCN3c4cc(-c5ccccc5O)nnc4NCC3C2)CC1)Oc1ccc2c(c1)CN(C1CCC(=O)NC1=O)C2=O.